The fourth-order valence-corrected chi connectivity index (χ4v) is 4.86. The monoisotopic (exact) mass is 409 g/mol. The Bertz CT molecular complexity index is 1180. The Morgan fingerprint density at radius 2 is 2.03 bits per heavy atom. The van der Waals surface area contributed by atoms with Crippen LogP contribution in [0.4, 0.5) is 10.2 Å². The van der Waals surface area contributed by atoms with Gasteiger partial charge in [-0.15, -0.1) is 10.2 Å². The molecule has 1 fully saturated rings. The van der Waals surface area contributed by atoms with Crippen molar-refractivity contribution in [1.82, 2.24) is 29.9 Å². The molecule has 1 atom stereocenters. The summed E-state index contributed by atoms with van der Waals surface area (Å²) in [7, 11) is 1.89. The van der Waals surface area contributed by atoms with Crippen molar-refractivity contribution in [1.29, 1.82) is 0 Å². The Morgan fingerprint density at radius 1 is 1.17 bits per heavy atom. The highest BCUT2D eigenvalue weighted by Crippen LogP contribution is 2.35. The van der Waals surface area contributed by atoms with Crippen LogP contribution in [-0.4, -0.2) is 43.0 Å². The zero-order valence-electron chi connectivity index (χ0n) is 16.2. The van der Waals surface area contributed by atoms with Crippen LogP contribution in [0.5, 0.6) is 0 Å². The summed E-state index contributed by atoms with van der Waals surface area (Å²) in [4.78, 5) is 11.5. The summed E-state index contributed by atoms with van der Waals surface area (Å²) in [5.41, 5.74) is 1.35. The van der Waals surface area contributed by atoms with E-state index in [4.69, 9.17) is 4.98 Å². The Kier molecular flexibility index (Phi) is 4.46. The van der Waals surface area contributed by atoms with Gasteiger partial charge in [-0.25, -0.2) is 14.4 Å². The Labute approximate surface area is 171 Å². The van der Waals surface area contributed by atoms with E-state index in [1.807, 2.05) is 26.2 Å². The van der Waals surface area contributed by atoms with Crippen LogP contribution in [0.2, 0.25) is 0 Å². The fraction of sp³-hybridized carbons (Fsp3) is 0.350. The van der Waals surface area contributed by atoms with Gasteiger partial charge < -0.3 is 4.90 Å². The molecule has 1 aliphatic rings. The molecule has 9 heteroatoms. The molecule has 0 spiro atoms. The highest BCUT2D eigenvalue weighted by atomic mass is 32.1. The maximum absolute atomic E-state index is 14.1. The van der Waals surface area contributed by atoms with Crippen LogP contribution >= 0.6 is 11.3 Å². The van der Waals surface area contributed by atoms with Crippen molar-refractivity contribution in [2.24, 2.45) is 7.05 Å². The van der Waals surface area contributed by atoms with Gasteiger partial charge >= 0.3 is 0 Å². The van der Waals surface area contributed by atoms with Crippen molar-refractivity contribution >= 4 is 28.2 Å². The number of nitrogens with zero attached hydrogens (tertiary/aromatic N) is 7. The lowest BCUT2D eigenvalue weighted by Gasteiger charge is -2.32. The molecule has 1 aromatic carbocycles. The predicted octanol–water partition coefficient (Wildman–Crippen LogP) is 3.71. The molecule has 5 rings (SSSR count). The van der Waals surface area contributed by atoms with Gasteiger partial charge in [-0.3, -0.25) is 4.68 Å². The van der Waals surface area contributed by atoms with Crippen LogP contribution in [0.15, 0.2) is 30.5 Å². The first kappa shape index (κ1) is 18.1. The summed E-state index contributed by atoms with van der Waals surface area (Å²) >= 11 is 1.48. The van der Waals surface area contributed by atoms with E-state index in [1.165, 1.54) is 17.4 Å². The number of aromatic nitrogens is 6. The van der Waals surface area contributed by atoms with Crippen molar-refractivity contribution in [3.05, 3.63) is 47.1 Å². The molecule has 0 bridgehead atoms. The standard InChI is InChI=1S/C20H20FN7S/c1-12-23-17-15(10-22-27(17)2)18(24-12)28-9-5-6-13(11-28)19-25-26-20(29-19)14-7-3-4-8-16(14)21/h3-4,7-8,10,13H,5-6,9,11H2,1-2H3. The molecule has 0 N–H and O–H groups in total. The minimum atomic E-state index is -0.268. The average molecular weight is 409 g/mol. The zero-order chi connectivity index (χ0) is 20.0. The van der Waals surface area contributed by atoms with Gasteiger partial charge in [-0.05, 0) is 31.9 Å². The molecule has 1 aliphatic heterocycles. The summed E-state index contributed by atoms with van der Waals surface area (Å²) in [6.45, 7) is 3.63. The Hall–Kier alpha value is -2.94. The van der Waals surface area contributed by atoms with Crippen LogP contribution < -0.4 is 4.90 Å². The van der Waals surface area contributed by atoms with E-state index in [2.05, 4.69) is 25.2 Å². The van der Waals surface area contributed by atoms with Gasteiger partial charge in [0.2, 0.25) is 0 Å². The highest BCUT2D eigenvalue weighted by molar-refractivity contribution is 7.14. The maximum atomic E-state index is 14.1. The van der Waals surface area contributed by atoms with Crippen LogP contribution in [-0.2, 0) is 7.05 Å². The number of piperidine rings is 1. The number of benzene rings is 1. The number of anilines is 1. The third-order valence-corrected chi connectivity index (χ3v) is 6.42. The summed E-state index contributed by atoms with van der Waals surface area (Å²) in [5, 5.41) is 15.5. The number of hydrogen-bond acceptors (Lipinski definition) is 7. The first-order chi connectivity index (χ1) is 14.1. The molecular weight excluding hydrogens is 389 g/mol. The minimum absolute atomic E-state index is 0.240. The molecule has 1 saturated heterocycles. The molecule has 29 heavy (non-hydrogen) atoms. The third kappa shape index (κ3) is 3.25. The second-order valence-electron chi connectivity index (χ2n) is 7.31. The van der Waals surface area contributed by atoms with Crippen molar-refractivity contribution in [3.63, 3.8) is 0 Å². The molecule has 1 unspecified atom stereocenters. The Morgan fingerprint density at radius 3 is 2.90 bits per heavy atom. The smallest absolute Gasteiger partial charge is 0.163 e. The van der Waals surface area contributed by atoms with Crippen molar-refractivity contribution in [2.45, 2.75) is 25.7 Å². The summed E-state index contributed by atoms with van der Waals surface area (Å²) < 4.78 is 15.9. The van der Waals surface area contributed by atoms with Crippen LogP contribution in [0.25, 0.3) is 21.6 Å². The van der Waals surface area contributed by atoms with Crippen LogP contribution in [0, 0.1) is 12.7 Å². The number of fused-ring (bicyclic) bond motifs is 1. The zero-order valence-corrected chi connectivity index (χ0v) is 17.0. The molecule has 148 valence electrons. The molecule has 0 radical (unpaired) electrons. The minimum Gasteiger partial charge on any atom is -0.355 e. The highest BCUT2D eigenvalue weighted by Gasteiger charge is 2.27. The summed E-state index contributed by atoms with van der Waals surface area (Å²) in [6, 6.07) is 6.70. The van der Waals surface area contributed by atoms with Crippen molar-refractivity contribution in [3.8, 4) is 10.6 Å². The second kappa shape index (κ2) is 7.14. The largest absolute Gasteiger partial charge is 0.355 e. The molecule has 3 aromatic heterocycles. The molecular formula is C20H20FN7S. The third-order valence-electron chi connectivity index (χ3n) is 5.30. The molecule has 0 amide bonds. The van der Waals surface area contributed by atoms with Crippen molar-refractivity contribution < 1.29 is 4.39 Å². The van der Waals surface area contributed by atoms with E-state index in [1.54, 1.807) is 16.8 Å². The van der Waals surface area contributed by atoms with E-state index >= 15 is 0 Å². The van der Waals surface area contributed by atoms with E-state index in [0.717, 1.165) is 53.6 Å². The van der Waals surface area contributed by atoms with Gasteiger partial charge in [0, 0.05) is 31.6 Å². The van der Waals surface area contributed by atoms with E-state index in [9.17, 15) is 4.39 Å². The molecule has 0 saturated carbocycles. The first-order valence-corrected chi connectivity index (χ1v) is 10.4. The lowest BCUT2D eigenvalue weighted by molar-refractivity contribution is 0.503. The van der Waals surface area contributed by atoms with Crippen molar-refractivity contribution in [2.75, 3.05) is 18.0 Å². The van der Waals surface area contributed by atoms with E-state index in [0.29, 0.717) is 10.6 Å². The first-order valence-electron chi connectivity index (χ1n) is 9.60. The quantitative estimate of drug-likeness (QED) is 0.514. The number of aryl methyl sites for hydroxylation is 2. The van der Waals surface area contributed by atoms with Crippen LogP contribution in [0.3, 0.4) is 0 Å². The number of halogens is 1. The van der Waals surface area contributed by atoms with Gasteiger partial charge in [0.25, 0.3) is 0 Å². The predicted molar refractivity (Wildman–Crippen MR) is 111 cm³/mol. The summed E-state index contributed by atoms with van der Waals surface area (Å²) in [5.74, 6) is 1.62. The number of hydrogen-bond donors (Lipinski definition) is 0. The number of rotatable bonds is 3. The molecule has 4 heterocycles. The van der Waals surface area contributed by atoms with Gasteiger partial charge in [0.05, 0.1) is 11.6 Å². The van der Waals surface area contributed by atoms with Gasteiger partial charge in [0.1, 0.15) is 22.5 Å². The van der Waals surface area contributed by atoms with E-state index < -0.39 is 0 Å². The van der Waals surface area contributed by atoms with Gasteiger partial charge in [-0.1, -0.05) is 23.5 Å². The normalized spacial score (nSPS) is 17.2. The average Bonchev–Trinajstić information content (AvgIpc) is 3.36. The lowest BCUT2D eigenvalue weighted by Crippen LogP contribution is -2.35. The maximum Gasteiger partial charge on any atom is 0.163 e. The van der Waals surface area contributed by atoms with E-state index in [-0.39, 0.29) is 11.7 Å². The lowest BCUT2D eigenvalue weighted by atomic mass is 9.98. The molecule has 0 aliphatic carbocycles. The topological polar surface area (TPSA) is 72.6 Å². The van der Waals surface area contributed by atoms with Gasteiger partial charge in [-0.2, -0.15) is 5.10 Å². The Balaban J connectivity index is 1.44. The second-order valence-corrected chi connectivity index (χ2v) is 8.32. The molecule has 7 nitrogen and oxygen atoms in total. The van der Waals surface area contributed by atoms with Crippen LogP contribution in [0.1, 0.15) is 29.6 Å². The fourth-order valence-electron chi connectivity index (χ4n) is 3.87. The molecule has 4 aromatic rings. The van der Waals surface area contributed by atoms with Gasteiger partial charge in [0.15, 0.2) is 10.7 Å². The SMILES string of the molecule is Cc1nc(N2CCCC(c3nnc(-c4ccccc4F)s3)C2)c2cnn(C)c2n1. The summed E-state index contributed by atoms with van der Waals surface area (Å²) in [6.07, 6.45) is 3.89.